The first-order valence-electron chi connectivity index (χ1n) is 4.84. The highest BCUT2D eigenvalue weighted by molar-refractivity contribution is 8.03. The summed E-state index contributed by atoms with van der Waals surface area (Å²) in [5, 5.41) is 22.7. The Kier molecular flexibility index (Phi) is 4.08. The predicted molar refractivity (Wildman–Crippen MR) is 69.7 cm³/mol. The van der Waals surface area contributed by atoms with Crippen LogP contribution < -0.4 is 0 Å². The van der Waals surface area contributed by atoms with Gasteiger partial charge in [0, 0.05) is 12.6 Å². The zero-order valence-electron chi connectivity index (χ0n) is 9.67. The predicted octanol–water partition coefficient (Wildman–Crippen LogP) is 1.95. The molecule has 2 aromatic heterocycles. The second-order valence-electron chi connectivity index (χ2n) is 3.29. The SMILES string of the molecule is CSc1nnc(Sc2c(CO)c(C)nn2C)s1. The molecule has 2 heterocycles. The number of hydrogen-bond acceptors (Lipinski definition) is 7. The molecule has 1 N–H and O–H groups in total. The first kappa shape index (κ1) is 12.9. The summed E-state index contributed by atoms with van der Waals surface area (Å²) in [5.74, 6) is 0. The van der Waals surface area contributed by atoms with Crippen molar-refractivity contribution in [2.45, 2.75) is 27.2 Å². The highest BCUT2D eigenvalue weighted by Crippen LogP contribution is 2.35. The molecular weight excluding hydrogens is 276 g/mol. The number of hydrogen-bond donors (Lipinski definition) is 1. The van der Waals surface area contributed by atoms with Crippen LogP contribution in [-0.2, 0) is 13.7 Å². The highest BCUT2D eigenvalue weighted by atomic mass is 32.2. The van der Waals surface area contributed by atoms with Crippen LogP contribution in [0.4, 0.5) is 0 Å². The van der Waals surface area contributed by atoms with Crippen LogP contribution in [0, 0.1) is 6.92 Å². The molecule has 8 heteroatoms. The number of aliphatic hydroxyl groups excluding tert-OH is 1. The molecule has 0 spiro atoms. The fourth-order valence-corrected chi connectivity index (χ4v) is 3.95. The number of nitrogens with zero attached hydrogens (tertiary/aromatic N) is 4. The Morgan fingerprint density at radius 1 is 1.35 bits per heavy atom. The zero-order valence-corrected chi connectivity index (χ0v) is 12.1. The second-order valence-corrected chi connectivity index (χ2v) is 6.56. The van der Waals surface area contributed by atoms with Crippen LogP contribution in [0.1, 0.15) is 11.3 Å². The van der Waals surface area contributed by atoms with Crippen molar-refractivity contribution in [1.29, 1.82) is 0 Å². The Labute approximate surface area is 112 Å². The van der Waals surface area contributed by atoms with Crippen molar-refractivity contribution in [3.63, 3.8) is 0 Å². The van der Waals surface area contributed by atoms with Gasteiger partial charge < -0.3 is 5.11 Å². The second kappa shape index (κ2) is 5.38. The number of aromatic nitrogens is 4. The summed E-state index contributed by atoms with van der Waals surface area (Å²) in [6.07, 6.45) is 1.97. The Morgan fingerprint density at radius 2 is 2.06 bits per heavy atom. The van der Waals surface area contributed by atoms with E-state index in [1.165, 1.54) is 11.8 Å². The van der Waals surface area contributed by atoms with Crippen LogP contribution in [0.2, 0.25) is 0 Å². The molecule has 0 saturated heterocycles. The minimum absolute atomic E-state index is 0.00377. The summed E-state index contributed by atoms with van der Waals surface area (Å²) < 4.78 is 3.58. The Morgan fingerprint density at radius 3 is 2.65 bits per heavy atom. The van der Waals surface area contributed by atoms with Crippen LogP contribution in [0.25, 0.3) is 0 Å². The molecule has 0 bridgehead atoms. The number of aliphatic hydroxyl groups is 1. The van der Waals surface area contributed by atoms with Crippen LogP contribution in [0.15, 0.2) is 13.7 Å². The first-order chi connectivity index (χ1) is 8.15. The van der Waals surface area contributed by atoms with E-state index in [2.05, 4.69) is 15.3 Å². The average Bonchev–Trinajstić information content (AvgIpc) is 2.85. The molecule has 2 aromatic rings. The standard InChI is InChI=1S/C9H12N4OS3/c1-5-6(4-14)7(13(2)12-5)16-9-11-10-8(15-3)17-9/h14H,4H2,1-3H3. The summed E-state index contributed by atoms with van der Waals surface area (Å²) >= 11 is 4.62. The first-order valence-corrected chi connectivity index (χ1v) is 7.70. The molecule has 17 heavy (non-hydrogen) atoms. The zero-order chi connectivity index (χ0) is 12.4. The van der Waals surface area contributed by atoms with Gasteiger partial charge in [0.05, 0.1) is 12.3 Å². The van der Waals surface area contributed by atoms with Gasteiger partial charge in [-0.15, -0.1) is 10.2 Å². The smallest absolute Gasteiger partial charge is 0.181 e. The average molecular weight is 288 g/mol. The van der Waals surface area contributed by atoms with Crippen molar-refractivity contribution >= 4 is 34.9 Å². The van der Waals surface area contributed by atoms with Gasteiger partial charge in [-0.25, -0.2) is 0 Å². The lowest BCUT2D eigenvalue weighted by molar-refractivity contribution is 0.277. The molecule has 0 fully saturated rings. The minimum Gasteiger partial charge on any atom is -0.392 e. The number of thioether (sulfide) groups is 1. The topological polar surface area (TPSA) is 63.8 Å². The van der Waals surface area contributed by atoms with E-state index in [1.807, 2.05) is 20.2 Å². The molecule has 0 amide bonds. The highest BCUT2D eigenvalue weighted by Gasteiger charge is 2.15. The minimum atomic E-state index is -0.00377. The molecule has 0 radical (unpaired) electrons. The maximum absolute atomic E-state index is 9.34. The lowest BCUT2D eigenvalue weighted by atomic mass is 10.3. The van der Waals surface area contributed by atoms with Gasteiger partial charge in [-0.3, -0.25) is 4.68 Å². The third-order valence-electron chi connectivity index (χ3n) is 2.19. The molecule has 0 aliphatic rings. The van der Waals surface area contributed by atoms with Crippen molar-refractivity contribution in [2.24, 2.45) is 7.05 Å². The molecule has 0 aliphatic carbocycles. The summed E-state index contributed by atoms with van der Waals surface area (Å²) in [6.45, 7) is 1.89. The molecule has 92 valence electrons. The fourth-order valence-electron chi connectivity index (χ4n) is 1.39. The van der Waals surface area contributed by atoms with Crippen LogP contribution in [-0.4, -0.2) is 31.3 Å². The number of rotatable bonds is 4. The lowest BCUT2D eigenvalue weighted by Crippen LogP contribution is -1.93. The fraction of sp³-hybridized carbons (Fsp3) is 0.444. The maximum atomic E-state index is 9.34. The Bertz CT molecular complexity index is 522. The van der Waals surface area contributed by atoms with Gasteiger partial charge in [0.2, 0.25) is 0 Å². The molecule has 0 unspecified atom stereocenters. The van der Waals surface area contributed by atoms with Gasteiger partial charge in [-0.1, -0.05) is 23.1 Å². The van der Waals surface area contributed by atoms with Crippen molar-refractivity contribution in [1.82, 2.24) is 20.0 Å². The quantitative estimate of drug-likeness (QED) is 0.868. The third-order valence-corrected chi connectivity index (χ3v) is 5.35. The van der Waals surface area contributed by atoms with Crippen LogP contribution >= 0.6 is 34.9 Å². The van der Waals surface area contributed by atoms with Crippen LogP contribution in [0.3, 0.4) is 0 Å². The van der Waals surface area contributed by atoms with E-state index in [4.69, 9.17) is 0 Å². The van der Waals surface area contributed by atoms with Crippen molar-refractivity contribution in [3.05, 3.63) is 11.3 Å². The van der Waals surface area contributed by atoms with Crippen molar-refractivity contribution in [3.8, 4) is 0 Å². The summed E-state index contributed by atoms with van der Waals surface area (Å²) in [7, 11) is 1.87. The van der Waals surface area contributed by atoms with E-state index in [0.29, 0.717) is 0 Å². The Hall–Kier alpha value is -0.570. The number of aryl methyl sites for hydroxylation is 2. The lowest BCUT2D eigenvalue weighted by Gasteiger charge is -2.00. The van der Waals surface area contributed by atoms with E-state index < -0.39 is 0 Å². The van der Waals surface area contributed by atoms with Crippen LogP contribution in [0.5, 0.6) is 0 Å². The van der Waals surface area contributed by atoms with E-state index in [0.717, 1.165) is 25.0 Å². The third kappa shape index (κ3) is 2.65. The molecule has 0 atom stereocenters. The van der Waals surface area contributed by atoms with Crippen molar-refractivity contribution in [2.75, 3.05) is 6.26 Å². The Balaban J connectivity index is 2.29. The van der Waals surface area contributed by atoms with Gasteiger partial charge in [-0.2, -0.15) is 5.10 Å². The molecule has 0 aromatic carbocycles. The summed E-state index contributed by atoms with van der Waals surface area (Å²) in [6, 6.07) is 0. The molecule has 0 aliphatic heterocycles. The van der Waals surface area contributed by atoms with Gasteiger partial charge in [0.1, 0.15) is 5.03 Å². The molecule has 0 saturated carbocycles. The molecule has 2 rings (SSSR count). The normalized spacial score (nSPS) is 11.1. The summed E-state index contributed by atoms with van der Waals surface area (Å²) in [5.41, 5.74) is 1.71. The summed E-state index contributed by atoms with van der Waals surface area (Å²) in [4.78, 5) is 0. The maximum Gasteiger partial charge on any atom is 0.181 e. The monoisotopic (exact) mass is 288 g/mol. The van der Waals surface area contributed by atoms with Gasteiger partial charge in [0.25, 0.3) is 0 Å². The van der Waals surface area contributed by atoms with E-state index in [-0.39, 0.29) is 6.61 Å². The van der Waals surface area contributed by atoms with Gasteiger partial charge in [0.15, 0.2) is 8.68 Å². The van der Waals surface area contributed by atoms with Gasteiger partial charge in [-0.05, 0) is 24.9 Å². The molecular formula is C9H12N4OS3. The van der Waals surface area contributed by atoms with E-state index in [9.17, 15) is 5.11 Å². The molecule has 5 nitrogen and oxygen atoms in total. The van der Waals surface area contributed by atoms with E-state index in [1.54, 1.807) is 27.8 Å². The van der Waals surface area contributed by atoms with E-state index >= 15 is 0 Å². The van der Waals surface area contributed by atoms with Gasteiger partial charge >= 0.3 is 0 Å². The largest absolute Gasteiger partial charge is 0.392 e. The van der Waals surface area contributed by atoms with Crippen molar-refractivity contribution < 1.29 is 5.11 Å².